The van der Waals surface area contributed by atoms with E-state index in [4.69, 9.17) is 10.8 Å². The Hall–Kier alpha value is -1.79. The van der Waals surface area contributed by atoms with Gasteiger partial charge in [0, 0.05) is 6.54 Å². The molecule has 0 spiro atoms. The van der Waals surface area contributed by atoms with E-state index in [2.05, 4.69) is 17.6 Å². The van der Waals surface area contributed by atoms with Gasteiger partial charge >= 0.3 is 12.0 Å². The van der Waals surface area contributed by atoms with Gasteiger partial charge in [-0.15, -0.1) is 0 Å². The maximum absolute atomic E-state index is 11.6. The van der Waals surface area contributed by atoms with Crippen LogP contribution in [-0.2, 0) is 9.59 Å². The van der Waals surface area contributed by atoms with Crippen LogP contribution < -0.4 is 16.4 Å². The van der Waals surface area contributed by atoms with E-state index < -0.39 is 30.4 Å². The fourth-order valence-electron chi connectivity index (χ4n) is 2.10. The Morgan fingerprint density at radius 3 is 2.42 bits per heavy atom. The summed E-state index contributed by atoms with van der Waals surface area (Å²) in [6, 6.07) is -1.85. The van der Waals surface area contributed by atoms with Gasteiger partial charge in [0.05, 0.1) is 6.42 Å². The maximum Gasteiger partial charge on any atom is 0.326 e. The number of nitrogens with two attached hydrogens (primary N) is 1. The van der Waals surface area contributed by atoms with Gasteiger partial charge in [0.25, 0.3) is 0 Å². The summed E-state index contributed by atoms with van der Waals surface area (Å²) in [6.45, 7) is 2.63. The Kier molecular flexibility index (Phi) is 5.14. The molecule has 5 N–H and O–H groups in total. The summed E-state index contributed by atoms with van der Waals surface area (Å²) in [5.74, 6) is -2.04. The number of carbonyl (C=O) groups is 3. The van der Waals surface area contributed by atoms with Crippen LogP contribution in [0.1, 0.15) is 39.0 Å². The second kappa shape index (κ2) is 6.40. The second-order valence-corrected chi connectivity index (χ2v) is 5.14. The van der Waals surface area contributed by atoms with Gasteiger partial charge in [0.2, 0.25) is 5.91 Å². The first-order valence-corrected chi connectivity index (χ1v) is 6.44. The lowest BCUT2D eigenvalue weighted by Gasteiger charge is -2.17. The molecule has 1 saturated carbocycles. The van der Waals surface area contributed by atoms with Crippen molar-refractivity contribution in [3.63, 3.8) is 0 Å². The molecule has 1 atom stereocenters. The molecule has 0 aromatic rings. The number of hydrogen-bond donors (Lipinski definition) is 4. The van der Waals surface area contributed by atoms with Crippen LogP contribution in [0.2, 0.25) is 0 Å². The third-order valence-corrected chi connectivity index (χ3v) is 3.37. The van der Waals surface area contributed by atoms with E-state index >= 15 is 0 Å². The molecule has 0 saturated heterocycles. The summed E-state index contributed by atoms with van der Waals surface area (Å²) < 4.78 is 0. The van der Waals surface area contributed by atoms with Gasteiger partial charge in [-0.1, -0.05) is 13.3 Å². The van der Waals surface area contributed by atoms with Crippen LogP contribution in [0, 0.1) is 5.41 Å². The average molecular weight is 271 g/mol. The number of aliphatic carboxylic acids is 1. The summed E-state index contributed by atoms with van der Waals surface area (Å²) >= 11 is 0. The van der Waals surface area contributed by atoms with Crippen molar-refractivity contribution < 1.29 is 19.5 Å². The van der Waals surface area contributed by atoms with E-state index in [1.54, 1.807) is 0 Å². The summed E-state index contributed by atoms with van der Waals surface area (Å²) in [6.07, 6.45) is 3.87. The molecule has 3 amide bonds. The Labute approximate surface area is 111 Å². The molecule has 1 aliphatic carbocycles. The molecule has 7 nitrogen and oxygen atoms in total. The zero-order valence-corrected chi connectivity index (χ0v) is 11.1. The molecule has 7 heteroatoms. The molecular weight excluding hydrogens is 250 g/mol. The lowest BCUT2D eigenvalue weighted by Crippen LogP contribution is -2.48. The third-order valence-electron chi connectivity index (χ3n) is 3.37. The molecule has 0 radical (unpaired) electrons. The van der Waals surface area contributed by atoms with Crippen molar-refractivity contribution in [3.8, 4) is 0 Å². The Morgan fingerprint density at radius 1 is 1.37 bits per heavy atom. The molecule has 108 valence electrons. The summed E-state index contributed by atoms with van der Waals surface area (Å²) in [4.78, 5) is 33.1. The van der Waals surface area contributed by atoms with Gasteiger partial charge in [0.15, 0.2) is 0 Å². The molecule has 0 aliphatic heterocycles. The van der Waals surface area contributed by atoms with E-state index in [1.807, 2.05) is 0 Å². The minimum atomic E-state index is -1.28. The van der Waals surface area contributed by atoms with Gasteiger partial charge in [-0.3, -0.25) is 4.79 Å². The van der Waals surface area contributed by atoms with Gasteiger partial charge in [0.1, 0.15) is 6.04 Å². The number of carbonyl (C=O) groups excluding carboxylic acids is 2. The summed E-state index contributed by atoms with van der Waals surface area (Å²) in [5, 5.41) is 13.7. The van der Waals surface area contributed by atoms with Crippen molar-refractivity contribution in [2.75, 3.05) is 6.54 Å². The van der Waals surface area contributed by atoms with Crippen LogP contribution >= 0.6 is 0 Å². The molecule has 1 rings (SSSR count). The van der Waals surface area contributed by atoms with E-state index in [1.165, 1.54) is 0 Å². The molecule has 0 aromatic carbocycles. The highest BCUT2D eigenvalue weighted by atomic mass is 16.4. The van der Waals surface area contributed by atoms with E-state index in [0.29, 0.717) is 6.54 Å². The highest BCUT2D eigenvalue weighted by Crippen LogP contribution is 2.48. The zero-order chi connectivity index (χ0) is 14.5. The number of urea groups is 1. The van der Waals surface area contributed by atoms with Crippen LogP contribution in [0.25, 0.3) is 0 Å². The smallest absolute Gasteiger partial charge is 0.326 e. The Morgan fingerprint density at radius 2 is 2.00 bits per heavy atom. The number of hydrogen-bond acceptors (Lipinski definition) is 3. The van der Waals surface area contributed by atoms with E-state index in [-0.39, 0.29) is 5.41 Å². The highest BCUT2D eigenvalue weighted by molar-refractivity contribution is 5.87. The first-order valence-electron chi connectivity index (χ1n) is 6.44. The first kappa shape index (κ1) is 15.3. The minimum Gasteiger partial charge on any atom is -0.480 e. The number of primary amides is 1. The van der Waals surface area contributed by atoms with Gasteiger partial charge in [-0.2, -0.15) is 0 Å². The number of amides is 3. The average Bonchev–Trinajstić information content (AvgIpc) is 3.06. The second-order valence-electron chi connectivity index (χ2n) is 5.14. The Balaban J connectivity index is 2.36. The summed E-state index contributed by atoms with van der Waals surface area (Å²) in [5.41, 5.74) is 5.11. The maximum atomic E-state index is 11.6. The molecule has 0 unspecified atom stereocenters. The molecular formula is C12H21N3O4. The number of carboxylic acid groups (broad SMARTS) is 1. The van der Waals surface area contributed by atoms with Crippen molar-refractivity contribution in [3.05, 3.63) is 0 Å². The van der Waals surface area contributed by atoms with Gasteiger partial charge in [-0.05, 0) is 24.7 Å². The van der Waals surface area contributed by atoms with Gasteiger partial charge in [-0.25, -0.2) is 9.59 Å². The molecule has 0 bridgehead atoms. The highest BCUT2D eigenvalue weighted by Gasteiger charge is 2.41. The third kappa shape index (κ3) is 5.15. The topological polar surface area (TPSA) is 122 Å². The normalized spacial score (nSPS) is 17.3. The van der Waals surface area contributed by atoms with E-state index in [9.17, 15) is 14.4 Å². The quantitative estimate of drug-likeness (QED) is 0.503. The Bertz CT molecular complexity index is 366. The lowest BCUT2D eigenvalue weighted by atomic mass is 10.0. The van der Waals surface area contributed by atoms with Crippen LogP contribution in [-0.4, -0.2) is 35.6 Å². The standard InChI is InChI=1S/C12H21N3O4/c1-2-3-12(4-5-12)7-14-11(19)15-8(10(17)18)6-9(13)16/h8H,2-7H2,1H3,(H2,13,16)(H,17,18)(H2,14,15,19)/t8-/m0/s1. The molecule has 1 fully saturated rings. The van der Waals surface area contributed by atoms with Crippen molar-refractivity contribution in [2.45, 2.75) is 45.1 Å². The number of nitrogens with one attached hydrogen (secondary N) is 2. The molecule has 0 aromatic heterocycles. The first-order chi connectivity index (χ1) is 8.88. The molecule has 19 heavy (non-hydrogen) atoms. The van der Waals surface area contributed by atoms with Crippen molar-refractivity contribution in [2.24, 2.45) is 11.1 Å². The van der Waals surface area contributed by atoms with Crippen molar-refractivity contribution in [1.29, 1.82) is 0 Å². The van der Waals surface area contributed by atoms with Crippen LogP contribution in [0.5, 0.6) is 0 Å². The minimum absolute atomic E-state index is 0.189. The summed E-state index contributed by atoms with van der Waals surface area (Å²) in [7, 11) is 0. The fourth-order valence-corrected chi connectivity index (χ4v) is 2.10. The van der Waals surface area contributed by atoms with Crippen LogP contribution in [0.4, 0.5) is 4.79 Å². The number of carboxylic acids is 1. The van der Waals surface area contributed by atoms with E-state index in [0.717, 1.165) is 25.7 Å². The van der Waals surface area contributed by atoms with Crippen molar-refractivity contribution in [1.82, 2.24) is 10.6 Å². The van der Waals surface area contributed by atoms with Crippen LogP contribution in [0.3, 0.4) is 0 Å². The number of rotatable bonds is 8. The molecule has 0 heterocycles. The largest absolute Gasteiger partial charge is 0.480 e. The SMILES string of the molecule is CCCC1(CNC(=O)N[C@@H](CC(N)=O)C(=O)O)CC1. The fraction of sp³-hybridized carbons (Fsp3) is 0.750. The monoisotopic (exact) mass is 271 g/mol. The lowest BCUT2D eigenvalue weighted by molar-refractivity contribution is -0.140. The molecule has 1 aliphatic rings. The predicted molar refractivity (Wildman–Crippen MR) is 68.3 cm³/mol. The zero-order valence-electron chi connectivity index (χ0n) is 11.1. The van der Waals surface area contributed by atoms with Gasteiger partial charge < -0.3 is 21.5 Å². The predicted octanol–water partition coefficient (Wildman–Crippen LogP) is 0.195. The van der Waals surface area contributed by atoms with Crippen LogP contribution in [0.15, 0.2) is 0 Å². The van der Waals surface area contributed by atoms with Crippen molar-refractivity contribution >= 4 is 17.9 Å².